The van der Waals surface area contributed by atoms with Crippen LogP contribution < -0.4 is 5.32 Å². The highest BCUT2D eigenvalue weighted by Gasteiger charge is 2.26. The maximum Gasteiger partial charge on any atom is 0.307 e. The first-order chi connectivity index (χ1) is 8.54. The van der Waals surface area contributed by atoms with E-state index in [0.717, 1.165) is 12.8 Å². The van der Waals surface area contributed by atoms with Crippen LogP contribution >= 0.6 is 0 Å². The maximum absolute atomic E-state index is 11.5. The molecule has 0 aromatic carbocycles. The molecule has 0 aliphatic heterocycles. The van der Waals surface area contributed by atoms with Gasteiger partial charge in [0.15, 0.2) is 0 Å². The zero-order valence-electron chi connectivity index (χ0n) is 11.3. The van der Waals surface area contributed by atoms with E-state index in [0.29, 0.717) is 19.1 Å². The first kappa shape index (κ1) is 15.0. The Hall–Kier alpha value is -1.10. The lowest BCUT2D eigenvalue weighted by Gasteiger charge is -2.34. The van der Waals surface area contributed by atoms with Crippen LogP contribution in [0, 0.1) is 5.92 Å². The number of hydrogen-bond acceptors (Lipinski definition) is 3. The van der Waals surface area contributed by atoms with Crippen molar-refractivity contribution in [2.45, 2.75) is 45.1 Å². The van der Waals surface area contributed by atoms with Crippen LogP contribution in [0.5, 0.6) is 0 Å². The number of carbonyl (C=O) groups is 2. The van der Waals surface area contributed by atoms with E-state index in [1.165, 1.54) is 19.3 Å². The highest BCUT2D eigenvalue weighted by molar-refractivity contribution is 5.77. The van der Waals surface area contributed by atoms with Crippen molar-refractivity contribution < 1.29 is 14.7 Å². The molecule has 1 saturated carbocycles. The summed E-state index contributed by atoms with van der Waals surface area (Å²) in [7, 11) is 1.61. The number of nitrogens with zero attached hydrogens (tertiary/aromatic N) is 1. The molecule has 1 amide bonds. The average molecular weight is 256 g/mol. The molecular weight excluding hydrogens is 232 g/mol. The van der Waals surface area contributed by atoms with Crippen LogP contribution in [-0.2, 0) is 9.59 Å². The summed E-state index contributed by atoms with van der Waals surface area (Å²) in [6.07, 6.45) is 5.75. The topological polar surface area (TPSA) is 69.6 Å². The van der Waals surface area contributed by atoms with Gasteiger partial charge in [-0.25, -0.2) is 0 Å². The SMILES string of the molecule is CNC(=O)CN(CC(C)C(=O)O)C1CCCCC1. The highest BCUT2D eigenvalue weighted by Crippen LogP contribution is 2.23. The fraction of sp³-hybridized carbons (Fsp3) is 0.846. The van der Waals surface area contributed by atoms with Gasteiger partial charge in [0, 0.05) is 19.6 Å². The van der Waals surface area contributed by atoms with E-state index in [9.17, 15) is 9.59 Å². The number of aliphatic carboxylic acids is 1. The summed E-state index contributed by atoms with van der Waals surface area (Å²) in [6.45, 7) is 2.45. The lowest BCUT2D eigenvalue weighted by Crippen LogP contribution is -2.46. The van der Waals surface area contributed by atoms with Crippen molar-refractivity contribution >= 4 is 11.9 Å². The van der Waals surface area contributed by atoms with Crippen molar-refractivity contribution in [1.82, 2.24) is 10.2 Å². The third-order valence-corrected chi connectivity index (χ3v) is 3.65. The van der Waals surface area contributed by atoms with E-state index in [2.05, 4.69) is 5.32 Å². The zero-order valence-corrected chi connectivity index (χ0v) is 11.3. The smallest absolute Gasteiger partial charge is 0.307 e. The Labute approximate surface area is 109 Å². The van der Waals surface area contributed by atoms with Crippen molar-refractivity contribution in [2.75, 3.05) is 20.1 Å². The van der Waals surface area contributed by atoms with Gasteiger partial charge in [0.05, 0.1) is 12.5 Å². The van der Waals surface area contributed by atoms with Crippen LogP contribution in [-0.4, -0.2) is 48.1 Å². The number of carboxylic acids is 1. The number of amides is 1. The van der Waals surface area contributed by atoms with Gasteiger partial charge in [0.1, 0.15) is 0 Å². The van der Waals surface area contributed by atoms with Crippen LogP contribution in [0.3, 0.4) is 0 Å². The number of nitrogens with one attached hydrogen (secondary N) is 1. The molecule has 0 aromatic heterocycles. The van der Waals surface area contributed by atoms with E-state index >= 15 is 0 Å². The van der Waals surface area contributed by atoms with Gasteiger partial charge in [-0.1, -0.05) is 26.2 Å². The summed E-state index contributed by atoms with van der Waals surface area (Å²) in [5.41, 5.74) is 0. The summed E-state index contributed by atoms with van der Waals surface area (Å²) in [5, 5.41) is 11.6. The molecule has 5 nitrogen and oxygen atoms in total. The normalized spacial score (nSPS) is 18.6. The van der Waals surface area contributed by atoms with Gasteiger partial charge in [-0.2, -0.15) is 0 Å². The summed E-state index contributed by atoms with van der Waals surface area (Å²) < 4.78 is 0. The monoisotopic (exact) mass is 256 g/mol. The maximum atomic E-state index is 11.5. The van der Waals surface area contributed by atoms with Gasteiger partial charge < -0.3 is 10.4 Å². The molecule has 1 aliphatic rings. The Morgan fingerprint density at radius 3 is 2.44 bits per heavy atom. The van der Waals surface area contributed by atoms with Gasteiger partial charge in [-0.05, 0) is 12.8 Å². The fourth-order valence-electron chi connectivity index (χ4n) is 2.48. The summed E-state index contributed by atoms with van der Waals surface area (Å²) in [5.74, 6) is -1.28. The molecule has 1 atom stereocenters. The molecule has 1 fully saturated rings. The van der Waals surface area contributed by atoms with Crippen molar-refractivity contribution in [3.8, 4) is 0 Å². The molecule has 1 aliphatic carbocycles. The minimum atomic E-state index is -0.798. The molecule has 0 spiro atoms. The van der Waals surface area contributed by atoms with Crippen LogP contribution in [0.4, 0.5) is 0 Å². The van der Waals surface area contributed by atoms with E-state index in [4.69, 9.17) is 5.11 Å². The van der Waals surface area contributed by atoms with E-state index in [-0.39, 0.29) is 5.91 Å². The molecule has 5 heteroatoms. The summed E-state index contributed by atoms with van der Waals surface area (Å²) in [6, 6.07) is 0.359. The van der Waals surface area contributed by atoms with Crippen LogP contribution in [0.1, 0.15) is 39.0 Å². The first-order valence-electron chi connectivity index (χ1n) is 6.72. The molecule has 18 heavy (non-hydrogen) atoms. The molecule has 0 aromatic rings. The zero-order chi connectivity index (χ0) is 13.5. The quantitative estimate of drug-likeness (QED) is 0.746. The Bertz CT molecular complexity index is 288. The fourth-order valence-corrected chi connectivity index (χ4v) is 2.48. The number of hydrogen-bond donors (Lipinski definition) is 2. The molecule has 0 saturated heterocycles. The van der Waals surface area contributed by atoms with Crippen molar-refractivity contribution in [2.24, 2.45) is 5.92 Å². The number of rotatable bonds is 6. The largest absolute Gasteiger partial charge is 0.481 e. The second-order valence-electron chi connectivity index (χ2n) is 5.13. The molecule has 0 radical (unpaired) electrons. The Kier molecular flexibility index (Phi) is 6.12. The minimum Gasteiger partial charge on any atom is -0.481 e. The number of carbonyl (C=O) groups excluding carboxylic acids is 1. The number of carboxylic acid groups (broad SMARTS) is 1. The molecule has 1 rings (SSSR count). The van der Waals surface area contributed by atoms with Gasteiger partial charge in [0.25, 0.3) is 0 Å². The van der Waals surface area contributed by atoms with Crippen molar-refractivity contribution in [3.63, 3.8) is 0 Å². The average Bonchev–Trinajstić information content (AvgIpc) is 2.38. The van der Waals surface area contributed by atoms with Crippen molar-refractivity contribution in [3.05, 3.63) is 0 Å². The van der Waals surface area contributed by atoms with E-state index in [1.807, 2.05) is 4.90 Å². The van der Waals surface area contributed by atoms with Gasteiger partial charge in [0.2, 0.25) is 5.91 Å². The minimum absolute atomic E-state index is 0.0434. The summed E-state index contributed by atoms with van der Waals surface area (Å²) in [4.78, 5) is 24.5. The molecule has 2 N–H and O–H groups in total. The van der Waals surface area contributed by atoms with Gasteiger partial charge in [-0.15, -0.1) is 0 Å². The standard InChI is InChI=1S/C13H24N2O3/c1-10(13(17)18)8-15(9-12(16)14-2)11-6-4-3-5-7-11/h10-11H,3-9H2,1-2H3,(H,14,16)(H,17,18). The molecule has 0 heterocycles. The van der Waals surface area contributed by atoms with E-state index < -0.39 is 11.9 Å². The first-order valence-corrected chi connectivity index (χ1v) is 6.72. The molecule has 104 valence electrons. The summed E-state index contributed by atoms with van der Waals surface area (Å²) >= 11 is 0. The molecule has 0 bridgehead atoms. The van der Waals surface area contributed by atoms with Crippen LogP contribution in [0.25, 0.3) is 0 Å². The molecule has 1 unspecified atom stereocenters. The van der Waals surface area contributed by atoms with Gasteiger partial charge >= 0.3 is 5.97 Å². The third-order valence-electron chi connectivity index (χ3n) is 3.65. The lowest BCUT2D eigenvalue weighted by atomic mass is 9.93. The van der Waals surface area contributed by atoms with E-state index in [1.54, 1.807) is 14.0 Å². The predicted octanol–water partition coefficient (Wildman–Crippen LogP) is 1.09. The highest BCUT2D eigenvalue weighted by atomic mass is 16.4. The lowest BCUT2D eigenvalue weighted by molar-refractivity contribution is -0.142. The second-order valence-corrected chi connectivity index (χ2v) is 5.13. The molecular formula is C13H24N2O3. The Balaban J connectivity index is 2.60. The predicted molar refractivity (Wildman–Crippen MR) is 69.3 cm³/mol. The van der Waals surface area contributed by atoms with Crippen molar-refractivity contribution in [1.29, 1.82) is 0 Å². The number of likely N-dealkylation sites (N-methyl/N-ethyl adjacent to an activating group) is 1. The van der Waals surface area contributed by atoms with Crippen LogP contribution in [0.15, 0.2) is 0 Å². The Morgan fingerprint density at radius 1 is 1.33 bits per heavy atom. The second kappa shape index (κ2) is 7.36. The Morgan fingerprint density at radius 2 is 1.94 bits per heavy atom. The third kappa shape index (κ3) is 4.64. The van der Waals surface area contributed by atoms with Gasteiger partial charge in [-0.3, -0.25) is 14.5 Å². The van der Waals surface area contributed by atoms with Crippen LogP contribution in [0.2, 0.25) is 0 Å².